The highest BCUT2D eigenvalue weighted by molar-refractivity contribution is 5.44. The van der Waals surface area contributed by atoms with Gasteiger partial charge in [-0.05, 0) is 39.8 Å². The Hall–Kier alpha value is -1.33. The fourth-order valence-electron chi connectivity index (χ4n) is 1.26. The maximum Gasteiger partial charge on any atom is 0.124 e. The molecule has 1 fully saturated rings. The minimum atomic E-state index is -0.394. The van der Waals surface area contributed by atoms with Crippen molar-refractivity contribution in [3.05, 3.63) is 18.3 Å². The van der Waals surface area contributed by atoms with E-state index >= 15 is 0 Å². The van der Waals surface area contributed by atoms with Gasteiger partial charge in [0.05, 0.1) is 6.20 Å². The van der Waals surface area contributed by atoms with Crippen molar-refractivity contribution in [1.82, 2.24) is 4.98 Å². The summed E-state index contributed by atoms with van der Waals surface area (Å²) in [5, 5.41) is 1.40. The number of nitrogens with zero attached hydrogens (tertiary/aromatic N) is 2. The van der Waals surface area contributed by atoms with Crippen molar-refractivity contribution in [2.45, 2.75) is 38.9 Å². The lowest BCUT2D eigenvalue weighted by molar-refractivity contribution is -0.0274. The summed E-state index contributed by atoms with van der Waals surface area (Å²) in [5.41, 5.74) is 5.46. The lowest BCUT2D eigenvalue weighted by atomic mass is 9.90. The van der Waals surface area contributed by atoms with Gasteiger partial charge in [0.25, 0.3) is 0 Å². The molecular formula is C11H17N3O2. The zero-order chi connectivity index (χ0) is 12.0. The van der Waals surface area contributed by atoms with Gasteiger partial charge in [0.1, 0.15) is 22.7 Å². The van der Waals surface area contributed by atoms with Crippen LogP contribution >= 0.6 is 0 Å². The van der Waals surface area contributed by atoms with E-state index in [0.29, 0.717) is 5.82 Å². The Morgan fingerprint density at radius 3 is 2.12 bits per heavy atom. The quantitative estimate of drug-likeness (QED) is 0.788. The molecular weight excluding hydrogens is 206 g/mol. The van der Waals surface area contributed by atoms with Crippen LogP contribution in [0.2, 0.25) is 0 Å². The van der Waals surface area contributed by atoms with Gasteiger partial charge in [0.15, 0.2) is 0 Å². The second-order valence-corrected chi connectivity index (χ2v) is 4.90. The standard InChI is InChI=1S/C11H17N3O2/c1-10(2)11(3,4)16-14(15-10)8-5-6-9(12)13-7-8/h5-7H,1-4H3,(H2,12,13). The first-order valence-electron chi connectivity index (χ1n) is 5.22. The van der Waals surface area contributed by atoms with Gasteiger partial charge in [0.2, 0.25) is 0 Å². The van der Waals surface area contributed by atoms with E-state index in [2.05, 4.69) is 4.98 Å². The molecule has 5 nitrogen and oxygen atoms in total. The highest BCUT2D eigenvalue weighted by Gasteiger charge is 2.50. The van der Waals surface area contributed by atoms with Gasteiger partial charge in [-0.1, -0.05) is 0 Å². The van der Waals surface area contributed by atoms with Crippen molar-refractivity contribution in [3.8, 4) is 0 Å². The Kier molecular flexibility index (Phi) is 2.32. The Morgan fingerprint density at radius 2 is 1.69 bits per heavy atom. The van der Waals surface area contributed by atoms with Gasteiger partial charge >= 0.3 is 0 Å². The molecule has 1 aliphatic rings. The van der Waals surface area contributed by atoms with Crippen molar-refractivity contribution < 1.29 is 9.68 Å². The Bertz CT molecular complexity index is 371. The molecule has 1 aliphatic heterocycles. The summed E-state index contributed by atoms with van der Waals surface area (Å²) in [7, 11) is 0. The zero-order valence-electron chi connectivity index (χ0n) is 10.0. The fourth-order valence-corrected chi connectivity index (χ4v) is 1.26. The molecule has 0 atom stereocenters. The molecule has 0 aromatic carbocycles. The van der Waals surface area contributed by atoms with Crippen molar-refractivity contribution >= 4 is 11.5 Å². The predicted octanol–water partition coefficient (Wildman–Crippen LogP) is 1.90. The van der Waals surface area contributed by atoms with E-state index in [1.165, 1.54) is 5.23 Å². The number of hydrogen-bond donors (Lipinski definition) is 1. The summed E-state index contributed by atoms with van der Waals surface area (Å²) in [4.78, 5) is 15.4. The summed E-state index contributed by atoms with van der Waals surface area (Å²) in [6.45, 7) is 7.94. The molecule has 2 N–H and O–H groups in total. The number of pyridine rings is 1. The first-order valence-corrected chi connectivity index (χ1v) is 5.22. The Balaban J connectivity index is 2.23. The van der Waals surface area contributed by atoms with Gasteiger partial charge in [0, 0.05) is 0 Å². The van der Waals surface area contributed by atoms with E-state index < -0.39 is 11.2 Å². The number of aromatic nitrogens is 1. The second kappa shape index (κ2) is 3.33. The van der Waals surface area contributed by atoms with Gasteiger partial charge in [-0.2, -0.15) is 0 Å². The third-order valence-corrected chi connectivity index (χ3v) is 3.05. The van der Waals surface area contributed by atoms with E-state index in [4.69, 9.17) is 15.4 Å². The SMILES string of the molecule is CC1(C)ON(c2ccc(N)nc2)OC1(C)C. The normalized spacial score (nSPS) is 22.4. The predicted molar refractivity (Wildman–Crippen MR) is 61.5 cm³/mol. The maximum atomic E-state index is 5.72. The van der Waals surface area contributed by atoms with E-state index in [0.717, 1.165) is 5.69 Å². The lowest BCUT2D eigenvalue weighted by Crippen LogP contribution is -2.41. The molecule has 0 spiro atoms. The third-order valence-electron chi connectivity index (χ3n) is 3.05. The third kappa shape index (κ3) is 1.72. The molecule has 0 radical (unpaired) electrons. The fraction of sp³-hybridized carbons (Fsp3) is 0.545. The van der Waals surface area contributed by atoms with E-state index in [-0.39, 0.29) is 0 Å². The van der Waals surface area contributed by atoms with Gasteiger partial charge < -0.3 is 5.73 Å². The van der Waals surface area contributed by atoms with Gasteiger partial charge in [-0.25, -0.2) is 14.7 Å². The maximum absolute atomic E-state index is 5.72. The molecule has 1 aromatic rings. The minimum absolute atomic E-state index is 0.394. The van der Waals surface area contributed by atoms with Crippen LogP contribution < -0.4 is 11.0 Å². The molecule has 0 aliphatic carbocycles. The van der Waals surface area contributed by atoms with Crippen molar-refractivity contribution in [1.29, 1.82) is 0 Å². The molecule has 1 aromatic heterocycles. The summed E-state index contributed by atoms with van der Waals surface area (Å²) >= 11 is 0. The first-order chi connectivity index (χ1) is 7.32. The van der Waals surface area contributed by atoms with Crippen LogP contribution in [-0.4, -0.2) is 16.2 Å². The number of rotatable bonds is 1. The molecule has 2 heterocycles. The zero-order valence-corrected chi connectivity index (χ0v) is 10.0. The number of anilines is 2. The lowest BCUT2D eigenvalue weighted by Gasteiger charge is -2.26. The Labute approximate surface area is 95.1 Å². The summed E-state index contributed by atoms with van der Waals surface area (Å²) < 4.78 is 0. The van der Waals surface area contributed by atoms with Crippen molar-refractivity contribution in [2.24, 2.45) is 0 Å². The minimum Gasteiger partial charge on any atom is -0.384 e. The van der Waals surface area contributed by atoms with E-state index in [9.17, 15) is 0 Å². The molecule has 88 valence electrons. The van der Waals surface area contributed by atoms with Crippen LogP contribution in [0.5, 0.6) is 0 Å². The molecule has 0 amide bonds. The van der Waals surface area contributed by atoms with Crippen molar-refractivity contribution in [3.63, 3.8) is 0 Å². The molecule has 0 unspecified atom stereocenters. The highest BCUT2D eigenvalue weighted by Crippen LogP contribution is 2.39. The molecule has 0 bridgehead atoms. The molecule has 5 heteroatoms. The first kappa shape index (κ1) is 11.2. The summed E-state index contributed by atoms with van der Waals surface area (Å²) in [6.07, 6.45) is 1.62. The van der Waals surface area contributed by atoms with Crippen LogP contribution in [0, 0.1) is 0 Å². The number of nitrogens with two attached hydrogens (primary N) is 1. The molecule has 2 rings (SSSR count). The van der Waals surface area contributed by atoms with Crippen LogP contribution in [0.15, 0.2) is 18.3 Å². The van der Waals surface area contributed by atoms with Crippen LogP contribution in [0.4, 0.5) is 11.5 Å². The largest absolute Gasteiger partial charge is 0.384 e. The monoisotopic (exact) mass is 223 g/mol. The topological polar surface area (TPSA) is 60.6 Å². The highest BCUT2D eigenvalue weighted by atomic mass is 17.0. The van der Waals surface area contributed by atoms with Crippen LogP contribution in [0.1, 0.15) is 27.7 Å². The van der Waals surface area contributed by atoms with Gasteiger partial charge in [-0.3, -0.25) is 0 Å². The molecule has 1 saturated heterocycles. The molecule has 16 heavy (non-hydrogen) atoms. The molecule has 0 saturated carbocycles. The van der Waals surface area contributed by atoms with Crippen LogP contribution in [-0.2, 0) is 9.68 Å². The van der Waals surface area contributed by atoms with Crippen molar-refractivity contribution in [2.75, 3.05) is 11.0 Å². The van der Waals surface area contributed by atoms with Gasteiger partial charge in [-0.15, -0.1) is 5.23 Å². The van der Waals surface area contributed by atoms with Crippen LogP contribution in [0.25, 0.3) is 0 Å². The van der Waals surface area contributed by atoms with Crippen LogP contribution in [0.3, 0.4) is 0 Å². The average Bonchev–Trinajstić information content (AvgIpc) is 2.37. The second-order valence-electron chi connectivity index (χ2n) is 4.90. The number of hydrogen-bond acceptors (Lipinski definition) is 5. The Morgan fingerprint density at radius 1 is 1.12 bits per heavy atom. The summed E-state index contributed by atoms with van der Waals surface area (Å²) in [6, 6.07) is 3.51. The summed E-state index contributed by atoms with van der Waals surface area (Å²) in [5.74, 6) is 0.474. The number of nitrogen functional groups attached to an aromatic ring is 1. The average molecular weight is 223 g/mol. The van der Waals surface area contributed by atoms with E-state index in [1.54, 1.807) is 18.3 Å². The smallest absolute Gasteiger partial charge is 0.124 e. The van der Waals surface area contributed by atoms with E-state index in [1.807, 2.05) is 27.7 Å².